The van der Waals surface area contributed by atoms with E-state index in [0.29, 0.717) is 12.8 Å². The second-order valence-electron chi connectivity index (χ2n) is 26.4. The summed E-state index contributed by atoms with van der Waals surface area (Å²) >= 11 is 0. The van der Waals surface area contributed by atoms with Crippen molar-refractivity contribution in [3.8, 4) is 0 Å². The number of ether oxygens (including phenoxy) is 6. The molecule has 3 saturated heterocycles. The molecule has 3 rings (SSSR count). The van der Waals surface area contributed by atoms with Crippen molar-refractivity contribution in [3.05, 3.63) is 122 Å². The summed E-state index contributed by atoms with van der Waals surface area (Å²) in [6, 6.07) is -0.900. The summed E-state index contributed by atoms with van der Waals surface area (Å²) in [6.07, 6.45) is 54.2. The predicted molar refractivity (Wildman–Crippen MR) is 387 cm³/mol. The molecular formula is C79H133NO18. The van der Waals surface area contributed by atoms with Crippen LogP contribution in [0.15, 0.2) is 122 Å². The van der Waals surface area contributed by atoms with Crippen molar-refractivity contribution in [3.63, 3.8) is 0 Å². The molecule has 3 aliphatic heterocycles. The molecule has 3 fully saturated rings. The van der Waals surface area contributed by atoms with Crippen LogP contribution >= 0.6 is 0 Å². The highest BCUT2D eigenvalue weighted by atomic mass is 16.8. The molecule has 0 radical (unpaired) electrons. The van der Waals surface area contributed by atoms with Gasteiger partial charge in [-0.1, -0.05) is 264 Å². The van der Waals surface area contributed by atoms with Crippen molar-refractivity contribution in [2.24, 2.45) is 0 Å². The van der Waals surface area contributed by atoms with E-state index in [2.05, 4.69) is 141 Å². The molecule has 1 amide bonds. The van der Waals surface area contributed by atoms with E-state index in [1.54, 1.807) is 0 Å². The van der Waals surface area contributed by atoms with Crippen molar-refractivity contribution in [2.45, 2.75) is 343 Å². The maximum Gasteiger partial charge on any atom is 0.220 e. The van der Waals surface area contributed by atoms with E-state index in [1.807, 2.05) is 0 Å². The van der Waals surface area contributed by atoms with Crippen LogP contribution in [0.1, 0.15) is 239 Å². The lowest BCUT2D eigenvalue weighted by molar-refractivity contribution is -0.379. The molecular weight excluding hydrogens is 1250 g/mol. The molecule has 0 aliphatic carbocycles. The Kier molecular flexibility index (Phi) is 52.9. The second kappa shape index (κ2) is 58.7. The molecule has 562 valence electrons. The number of aliphatic hydroxyl groups excluding tert-OH is 11. The lowest BCUT2D eigenvalue weighted by Gasteiger charge is -2.48. The normalized spacial score (nSPS) is 27.5. The zero-order valence-electron chi connectivity index (χ0n) is 59.7. The average molecular weight is 1380 g/mol. The summed E-state index contributed by atoms with van der Waals surface area (Å²) in [5.74, 6) is -0.256. The SMILES string of the molecule is CC/C=C\C/C=C\C/C=C\C/C=C\C/C=C\C/C=C\C/C=C\C/C=C\C/C=C\C/C=C\CCCCCCCCCCC(=O)NC(COC1OC(CO)C(OC2OC(CO)C(OC3OC(CO)C(O)C(O)C3O)C(O)C2O)C(O)C1O)C(O)CCCCCCCCCCCCCCCC. The fourth-order valence-corrected chi connectivity index (χ4v) is 12.0. The molecule has 0 aromatic carbocycles. The molecule has 17 atom stereocenters. The van der Waals surface area contributed by atoms with E-state index in [9.17, 15) is 61.0 Å². The first-order chi connectivity index (χ1) is 47.8. The third-order valence-corrected chi connectivity index (χ3v) is 18.1. The first kappa shape index (κ1) is 88.4. The van der Waals surface area contributed by atoms with Crippen molar-refractivity contribution in [1.82, 2.24) is 5.32 Å². The molecule has 0 aromatic heterocycles. The number of hydrogen-bond acceptors (Lipinski definition) is 18. The molecule has 0 spiro atoms. The number of allylic oxidation sites excluding steroid dienone is 20. The van der Waals surface area contributed by atoms with Gasteiger partial charge in [-0.05, 0) is 89.9 Å². The molecule has 0 bridgehead atoms. The minimum atomic E-state index is -1.98. The van der Waals surface area contributed by atoms with E-state index in [4.69, 9.17) is 28.4 Å². The van der Waals surface area contributed by atoms with Crippen molar-refractivity contribution < 1.29 is 89.4 Å². The minimum Gasteiger partial charge on any atom is -0.394 e. The van der Waals surface area contributed by atoms with Gasteiger partial charge in [-0.15, -0.1) is 0 Å². The van der Waals surface area contributed by atoms with Crippen molar-refractivity contribution in [2.75, 3.05) is 26.4 Å². The van der Waals surface area contributed by atoms with Gasteiger partial charge >= 0.3 is 0 Å². The van der Waals surface area contributed by atoms with Gasteiger partial charge in [-0.2, -0.15) is 0 Å². The number of hydrogen-bond donors (Lipinski definition) is 12. The van der Waals surface area contributed by atoms with E-state index in [1.165, 1.54) is 77.0 Å². The second-order valence-corrected chi connectivity index (χ2v) is 26.4. The van der Waals surface area contributed by atoms with Gasteiger partial charge in [0.25, 0.3) is 0 Å². The van der Waals surface area contributed by atoms with E-state index in [-0.39, 0.29) is 18.9 Å². The first-order valence-electron chi connectivity index (χ1n) is 37.8. The molecule has 3 aliphatic rings. The Labute approximate surface area is 588 Å². The Morgan fingerprint density at radius 1 is 0.378 bits per heavy atom. The van der Waals surface area contributed by atoms with Crippen LogP contribution in [-0.4, -0.2) is 193 Å². The van der Waals surface area contributed by atoms with E-state index >= 15 is 0 Å². The molecule has 3 heterocycles. The number of carbonyl (C=O) groups excluding carboxylic acids is 1. The van der Waals surface area contributed by atoms with Gasteiger partial charge in [-0.3, -0.25) is 4.79 Å². The quantitative estimate of drug-likeness (QED) is 0.0199. The third-order valence-electron chi connectivity index (χ3n) is 18.1. The molecule has 19 heteroatoms. The monoisotopic (exact) mass is 1380 g/mol. The van der Waals surface area contributed by atoms with Gasteiger partial charge in [-0.25, -0.2) is 0 Å². The highest BCUT2D eigenvalue weighted by Gasteiger charge is 2.53. The largest absolute Gasteiger partial charge is 0.394 e. The summed E-state index contributed by atoms with van der Waals surface area (Å²) in [6.45, 7) is 1.66. The maximum atomic E-state index is 13.4. The van der Waals surface area contributed by atoms with Crippen LogP contribution in [0.2, 0.25) is 0 Å². The number of unbranched alkanes of at least 4 members (excludes halogenated alkanes) is 21. The minimum absolute atomic E-state index is 0.249. The predicted octanol–water partition coefficient (Wildman–Crippen LogP) is 11.6. The summed E-state index contributed by atoms with van der Waals surface area (Å²) < 4.78 is 34.4. The smallest absolute Gasteiger partial charge is 0.220 e. The Hall–Kier alpha value is -3.81. The highest BCUT2D eigenvalue weighted by Crippen LogP contribution is 2.33. The number of amides is 1. The van der Waals surface area contributed by atoms with E-state index < -0.39 is 124 Å². The Morgan fingerprint density at radius 2 is 0.704 bits per heavy atom. The van der Waals surface area contributed by atoms with Crippen molar-refractivity contribution in [1.29, 1.82) is 0 Å². The number of aliphatic hydroxyl groups is 11. The molecule has 19 nitrogen and oxygen atoms in total. The lowest BCUT2D eigenvalue weighted by atomic mass is 9.96. The Morgan fingerprint density at radius 3 is 1.10 bits per heavy atom. The first-order valence-corrected chi connectivity index (χ1v) is 37.8. The van der Waals surface area contributed by atoms with Crippen LogP contribution in [0.5, 0.6) is 0 Å². The van der Waals surface area contributed by atoms with Crippen molar-refractivity contribution >= 4 is 5.91 Å². The van der Waals surface area contributed by atoms with Gasteiger partial charge in [0.1, 0.15) is 73.2 Å². The van der Waals surface area contributed by atoms with Crippen LogP contribution in [0.25, 0.3) is 0 Å². The molecule has 0 aromatic rings. The molecule has 0 saturated carbocycles. The molecule has 12 N–H and O–H groups in total. The zero-order chi connectivity index (χ0) is 71.1. The van der Waals surface area contributed by atoms with Crippen LogP contribution in [-0.2, 0) is 33.2 Å². The Bertz CT molecular complexity index is 2250. The fraction of sp³-hybridized carbons (Fsp3) is 0.734. The lowest BCUT2D eigenvalue weighted by Crippen LogP contribution is -2.66. The van der Waals surface area contributed by atoms with Crippen LogP contribution in [0.4, 0.5) is 0 Å². The molecule has 98 heavy (non-hydrogen) atoms. The van der Waals surface area contributed by atoms with Crippen LogP contribution in [0, 0.1) is 0 Å². The molecule has 17 unspecified atom stereocenters. The summed E-state index contributed by atoms with van der Waals surface area (Å²) in [7, 11) is 0. The van der Waals surface area contributed by atoms with Gasteiger partial charge in [0.2, 0.25) is 5.91 Å². The number of carbonyl (C=O) groups is 1. The van der Waals surface area contributed by atoms with Crippen LogP contribution in [0.3, 0.4) is 0 Å². The third kappa shape index (κ3) is 39.0. The number of nitrogens with one attached hydrogen (secondary N) is 1. The topological polar surface area (TPSA) is 307 Å². The standard InChI is InChI=1S/C79H133NO18/c1-3-5-7-9-11-13-15-17-19-20-21-22-23-24-25-26-27-28-29-30-31-32-33-34-35-36-37-38-39-40-41-42-43-45-47-49-51-53-55-57-67(85)80-62(63(84)56-54-52-50-48-46-44-18-16-14-12-10-8-6-4-2)61-93-77-73(91)70(88)75(65(59-82)95-77)98-79-74(92)71(89)76(66(60-83)96-79)97-78-72(90)69(87)68(86)64(58-81)94-78/h5,7,11,13,17,19,21-22,24-25,27-28,30-31,33-34,36-37,39-40,62-66,68-79,81-84,86-92H,3-4,6,8-10,12,14-16,18,20,23,26,29,32,35,38,41-61H2,1-2H3,(H,80,85)/b7-5-,13-11-,19-17-,22-21-,25-24-,28-27-,31-30-,34-33-,37-36-,40-39-. The van der Waals surface area contributed by atoms with Gasteiger partial charge < -0.3 is 89.9 Å². The average Bonchev–Trinajstić information content (AvgIpc) is 0.785. The van der Waals surface area contributed by atoms with Gasteiger partial charge in [0.15, 0.2) is 18.9 Å². The van der Waals surface area contributed by atoms with Gasteiger partial charge in [0, 0.05) is 6.42 Å². The highest BCUT2D eigenvalue weighted by molar-refractivity contribution is 5.76. The fourth-order valence-electron chi connectivity index (χ4n) is 12.0. The van der Waals surface area contributed by atoms with E-state index in [0.717, 1.165) is 128 Å². The summed E-state index contributed by atoms with van der Waals surface area (Å²) in [5, 5.41) is 121. The van der Waals surface area contributed by atoms with Gasteiger partial charge in [0.05, 0.1) is 38.6 Å². The Balaban J connectivity index is 1.34. The summed E-state index contributed by atoms with van der Waals surface area (Å²) in [5.41, 5.74) is 0. The maximum absolute atomic E-state index is 13.4. The summed E-state index contributed by atoms with van der Waals surface area (Å²) in [4.78, 5) is 13.4. The zero-order valence-corrected chi connectivity index (χ0v) is 59.7. The van der Waals surface area contributed by atoms with Crippen LogP contribution < -0.4 is 5.32 Å². The number of rotatable bonds is 57.